The Balaban J connectivity index is 2.89. The molecule has 1 heterocycles. The topological polar surface area (TPSA) is 30.2 Å². The lowest BCUT2D eigenvalue weighted by Crippen LogP contribution is -1.98. The van der Waals surface area contributed by atoms with Crippen LogP contribution in [0.3, 0.4) is 0 Å². The van der Waals surface area contributed by atoms with Gasteiger partial charge in [-0.1, -0.05) is 0 Å². The number of rotatable bonds is 0. The van der Waals surface area contributed by atoms with Crippen LogP contribution in [0, 0.1) is 5.82 Å². The van der Waals surface area contributed by atoms with Crippen molar-refractivity contribution in [1.82, 2.24) is 0 Å². The minimum atomic E-state index is -0.459. The molecule has 0 amide bonds. The molecule has 0 fully saturated rings. The van der Waals surface area contributed by atoms with Crippen molar-refractivity contribution in [3.05, 3.63) is 45.0 Å². The predicted molar refractivity (Wildman–Crippen MR) is 50.1 cm³/mol. The smallest absolute Gasteiger partial charge is 0.350 e. The highest BCUT2D eigenvalue weighted by molar-refractivity contribution is 9.10. The van der Waals surface area contributed by atoms with Gasteiger partial charge < -0.3 is 4.42 Å². The summed E-state index contributed by atoms with van der Waals surface area (Å²) in [6.07, 6.45) is 0. The number of halogens is 2. The predicted octanol–water partition coefficient (Wildman–Crippen LogP) is 2.69. The summed E-state index contributed by atoms with van der Waals surface area (Å²) in [4.78, 5) is 11.0. The van der Waals surface area contributed by atoms with Gasteiger partial charge in [-0.15, -0.1) is 0 Å². The zero-order chi connectivity index (χ0) is 9.42. The van der Waals surface area contributed by atoms with Gasteiger partial charge in [0.05, 0.1) is 0 Å². The number of fused-ring (bicyclic) bond motifs is 1. The fraction of sp³-hybridized carbons (Fsp3) is 0. The largest absolute Gasteiger partial charge is 0.422 e. The lowest BCUT2D eigenvalue weighted by atomic mass is 10.2. The fourth-order valence-electron chi connectivity index (χ4n) is 1.07. The van der Waals surface area contributed by atoms with Crippen LogP contribution >= 0.6 is 15.9 Å². The molecular weight excluding hydrogens is 239 g/mol. The minimum Gasteiger partial charge on any atom is -0.422 e. The molecule has 0 aliphatic heterocycles. The van der Waals surface area contributed by atoms with Crippen molar-refractivity contribution in [2.45, 2.75) is 0 Å². The summed E-state index contributed by atoms with van der Waals surface area (Å²) in [5, 5.41) is 0.562. The summed E-state index contributed by atoms with van der Waals surface area (Å²) in [7, 11) is 0. The van der Waals surface area contributed by atoms with Crippen LogP contribution in [0.4, 0.5) is 4.39 Å². The maximum absolute atomic E-state index is 12.7. The SMILES string of the molecule is O=c1oc2ccc(F)cc2cc1Br. The Bertz CT molecular complexity index is 518. The van der Waals surface area contributed by atoms with Crippen molar-refractivity contribution in [3.8, 4) is 0 Å². The third kappa shape index (κ3) is 1.49. The first-order valence-electron chi connectivity index (χ1n) is 3.56. The highest BCUT2D eigenvalue weighted by atomic mass is 79.9. The molecular formula is C9H4BrFO2. The molecule has 0 saturated heterocycles. The van der Waals surface area contributed by atoms with E-state index < -0.39 is 5.63 Å². The Morgan fingerprint density at radius 1 is 1.31 bits per heavy atom. The first-order valence-corrected chi connectivity index (χ1v) is 4.35. The third-order valence-corrected chi connectivity index (χ3v) is 2.20. The molecule has 0 radical (unpaired) electrons. The maximum Gasteiger partial charge on any atom is 0.350 e. The first kappa shape index (κ1) is 8.44. The second kappa shape index (κ2) is 2.96. The second-order valence-corrected chi connectivity index (χ2v) is 3.42. The molecule has 13 heavy (non-hydrogen) atoms. The van der Waals surface area contributed by atoms with Crippen molar-refractivity contribution >= 4 is 26.9 Å². The van der Waals surface area contributed by atoms with Crippen LogP contribution in [0.2, 0.25) is 0 Å². The summed E-state index contributed by atoms with van der Waals surface area (Å²) >= 11 is 3.01. The van der Waals surface area contributed by atoms with Gasteiger partial charge in [0.2, 0.25) is 0 Å². The van der Waals surface area contributed by atoms with Crippen molar-refractivity contribution in [3.63, 3.8) is 0 Å². The van der Waals surface area contributed by atoms with E-state index in [1.54, 1.807) is 0 Å². The second-order valence-electron chi connectivity index (χ2n) is 2.56. The van der Waals surface area contributed by atoms with Crippen LogP contribution in [-0.4, -0.2) is 0 Å². The molecule has 66 valence electrons. The lowest BCUT2D eigenvalue weighted by molar-refractivity contribution is 0.554. The average molecular weight is 243 g/mol. The summed E-state index contributed by atoms with van der Waals surface area (Å²) in [6.45, 7) is 0. The van der Waals surface area contributed by atoms with Gasteiger partial charge in [0.1, 0.15) is 15.9 Å². The Morgan fingerprint density at radius 2 is 2.08 bits per heavy atom. The van der Waals surface area contributed by atoms with Crippen molar-refractivity contribution < 1.29 is 8.81 Å². The first-order chi connectivity index (χ1) is 6.16. The summed E-state index contributed by atoms with van der Waals surface area (Å²) in [5.41, 5.74) is -0.0753. The molecule has 1 aromatic heterocycles. The van der Waals surface area contributed by atoms with Gasteiger partial charge in [0, 0.05) is 5.39 Å². The van der Waals surface area contributed by atoms with E-state index in [1.165, 1.54) is 24.3 Å². The molecule has 0 N–H and O–H groups in total. The molecule has 2 rings (SSSR count). The number of benzene rings is 1. The van der Waals surface area contributed by atoms with Crippen LogP contribution in [0.25, 0.3) is 11.0 Å². The van der Waals surface area contributed by atoms with E-state index in [0.29, 0.717) is 15.4 Å². The van der Waals surface area contributed by atoms with Gasteiger partial charge in [-0.25, -0.2) is 9.18 Å². The Kier molecular flexibility index (Phi) is 1.92. The van der Waals surface area contributed by atoms with E-state index in [-0.39, 0.29) is 5.82 Å². The van der Waals surface area contributed by atoms with Crippen molar-refractivity contribution in [2.24, 2.45) is 0 Å². The van der Waals surface area contributed by atoms with E-state index in [0.717, 1.165) is 0 Å². The van der Waals surface area contributed by atoms with E-state index in [9.17, 15) is 9.18 Å². The van der Waals surface area contributed by atoms with Crippen LogP contribution in [0.5, 0.6) is 0 Å². The van der Waals surface area contributed by atoms with Gasteiger partial charge in [0.25, 0.3) is 0 Å². The Labute approximate surface area is 81.1 Å². The minimum absolute atomic E-state index is 0.297. The van der Waals surface area contributed by atoms with Crippen LogP contribution in [-0.2, 0) is 0 Å². The highest BCUT2D eigenvalue weighted by Crippen LogP contribution is 2.16. The Hall–Kier alpha value is -1.16. The van der Waals surface area contributed by atoms with Crippen LogP contribution in [0.15, 0.2) is 37.9 Å². The van der Waals surface area contributed by atoms with Crippen LogP contribution < -0.4 is 5.63 Å². The normalized spacial score (nSPS) is 10.6. The van der Waals surface area contributed by atoms with Crippen molar-refractivity contribution in [2.75, 3.05) is 0 Å². The zero-order valence-corrected chi connectivity index (χ0v) is 7.97. The summed E-state index contributed by atoms with van der Waals surface area (Å²) < 4.78 is 17.9. The number of hydrogen-bond donors (Lipinski definition) is 0. The zero-order valence-electron chi connectivity index (χ0n) is 6.38. The molecule has 0 atom stereocenters. The molecule has 2 nitrogen and oxygen atoms in total. The molecule has 1 aromatic carbocycles. The van der Waals surface area contributed by atoms with Crippen LogP contribution in [0.1, 0.15) is 0 Å². The highest BCUT2D eigenvalue weighted by Gasteiger charge is 2.02. The number of hydrogen-bond acceptors (Lipinski definition) is 2. The van der Waals surface area contributed by atoms with E-state index >= 15 is 0 Å². The van der Waals surface area contributed by atoms with Gasteiger partial charge in [-0.3, -0.25) is 0 Å². The standard InChI is InChI=1S/C9H4BrFO2/c10-7-4-5-3-6(11)1-2-8(5)13-9(7)12/h1-4H. The van der Waals surface area contributed by atoms with Gasteiger partial charge in [-0.05, 0) is 40.2 Å². The molecule has 0 aliphatic rings. The van der Waals surface area contributed by atoms with E-state index in [2.05, 4.69) is 15.9 Å². The van der Waals surface area contributed by atoms with E-state index in [1.807, 2.05) is 0 Å². The van der Waals surface area contributed by atoms with Gasteiger partial charge >= 0.3 is 5.63 Å². The van der Waals surface area contributed by atoms with Gasteiger partial charge in [0.15, 0.2) is 0 Å². The quantitative estimate of drug-likeness (QED) is 0.666. The molecule has 0 aliphatic carbocycles. The molecule has 0 unspecified atom stereocenters. The fourth-order valence-corrected chi connectivity index (χ4v) is 1.40. The molecule has 4 heteroatoms. The van der Waals surface area contributed by atoms with E-state index in [4.69, 9.17) is 4.42 Å². The third-order valence-electron chi connectivity index (χ3n) is 1.65. The van der Waals surface area contributed by atoms with Gasteiger partial charge in [-0.2, -0.15) is 0 Å². The lowest BCUT2D eigenvalue weighted by Gasteiger charge is -1.96. The maximum atomic E-state index is 12.7. The molecule has 2 aromatic rings. The molecule has 0 saturated carbocycles. The summed E-state index contributed by atoms with van der Waals surface area (Å²) in [5.74, 6) is -0.353. The van der Waals surface area contributed by atoms with Crippen molar-refractivity contribution in [1.29, 1.82) is 0 Å². The molecule has 0 bridgehead atoms. The monoisotopic (exact) mass is 242 g/mol. The summed E-state index contributed by atoms with van der Waals surface area (Å²) in [6, 6.07) is 5.52. The molecule has 0 spiro atoms. The average Bonchev–Trinajstić information content (AvgIpc) is 2.08. The Morgan fingerprint density at radius 3 is 2.85 bits per heavy atom.